The monoisotopic (exact) mass is 289 g/mol. The Bertz CT molecular complexity index is 358. The van der Waals surface area contributed by atoms with E-state index in [2.05, 4.69) is 12.2 Å². The van der Waals surface area contributed by atoms with Crippen molar-refractivity contribution < 1.29 is 4.74 Å². The summed E-state index contributed by atoms with van der Waals surface area (Å²) < 4.78 is 5.03. The summed E-state index contributed by atoms with van der Waals surface area (Å²) in [4.78, 5) is 0. The topological polar surface area (TPSA) is 21.3 Å². The lowest BCUT2D eigenvalue weighted by atomic mass is 10.0. The summed E-state index contributed by atoms with van der Waals surface area (Å²) >= 11 is 12.1. The van der Waals surface area contributed by atoms with Crippen molar-refractivity contribution in [1.29, 1.82) is 0 Å². The van der Waals surface area contributed by atoms with Gasteiger partial charge >= 0.3 is 0 Å². The number of methoxy groups -OCH3 is 1. The molecule has 1 unspecified atom stereocenters. The number of hydrogen-bond donors (Lipinski definition) is 1. The lowest BCUT2D eigenvalue weighted by molar-refractivity contribution is 0.192. The molecule has 0 aliphatic heterocycles. The number of nitrogens with one attached hydrogen (secondary N) is 1. The molecular weight excluding hydrogens is 269 g/mol. The summed E-state index contributed by atoms with van der Waals surface area (Å²) in [6, 6.07) is 5.98. The van der Waals surface area contributed by atoms with E-state index in [4.69, 9.17) is 27.9 Å². The minimum Gasteiger partial charge on any atom is -0.385 e. The van der Waals surface area contributed by atoms with Crippen LogP contribution in [0.5, 0.6) is 0 Å². The smallest absolute Gasteiger partial charge is 0.0468 e. The lowest BCUT2D eigenvalue weighted by Gasteiger charge is -2.19. The molecule has 0 amide bonds. The molecule has 0 saturated heterocycles. The predicted octanol–water partition coefficient (Wildman–Crippen LogP) is 4.46. The molecule has 1 N–H and O–H groups in total. The van der Waals surface area contributed by atoms with Gasteiger partial charge < -0.3 is 10.1 Å². The number of hydrogen-bond acceptors (Lipinski definition) is 2. The van der Waals surface area contributed by atoms with Crippen LogP contribution in [-0.4, -0.2) is 20.3 Å². The molecule has 0 aliphatic carbocycles. The largest absolute Gasteiger partial charge is 0.385 e. The van der Waals surface area contributed by atoms with Gasteiger partial charge in [0.15, 0.2) is 0 Å². The van der Waals surface area contributed by atoms with Gasteiger partial charge in [-0.15, -0.1) is 0 Å². The van der Waals surface area contributed by atoms with E-state index in [9.17, 15) is 0 Å². The minimum absolute atomic E-state index is 0.289. The number of ether oxygens (including phenoxy) is 1. The van der Waals surface area contributed by atoms with Crippen LogP contribution in [0.25, 0.3) is 0 Å². The van der Waals surface area contributed by atoms with Crippen molar-refractivity contribution in [3.8, 4) is 0 Å². The molecule has 0 bridgehead atoms. The second-order valence-corrected chi connectivity index (χ2v) is 5.12. The number of benzene rings is 1. The molecule has 0 heterocycles. The van der Waals surface area contributed by atoms with Crippen LogP contribution in [0, 0.1) is 0 Å². The Hall–Kier alpha value is -0.280. The first kappa shape index (κ1) is 15.8. The third kappa shape index (κ3) is 5.15. The predicted molar refractivity (Wildman–Crippen MR) is 78.6 cm³/mol. The van der Waals surface area contributed by atoms with Crippen molar-refractivity contribution in [2.24, 2.45) is 0 Å². The van der Waals surface area contributed by atoms with Crippen LogP contribution >= 0.6 is 23.2 Å². The Morgan fingerprint density at radius 1 is 1.28 bits per heavy atom. The summed E-state index contributed by atoms with van der Waals surface area (Å²) in [7, 11) is 1.73. The van der Waals surface area contributed by atoms with E-state index < -0.39 is 0 Å². The molecule has 1 aromatic rings. The molecule has 18 heavy (non-hydrogen) atoms. The number of halogens is 2. The van der Waals surface area contributed by atoms with E-state index in [1.807, 2.05) is 12.1 Å². The quantitative estimate of drug-likeness (QED) is 0.714. The van der Waals surface area contributed by atoms with E-state index >= 15 is 0 Å². The molecule has 1 rings (SSSR count). The van der Waals surface area contributed by atoms with Crippen LogP contribution in [0.3, 0.4) is 0 Å². The molecule has 0 radical (unpaired) electrons. The average Bonchev–Trinajstić information content (AvgIpc) is 2.35. The van der Waals surface area contributed by atoms with Crippen LogP contribution in [0.1, 0.15) is 37.8 Å². The van der Waals surface area contributed by atoms with E-state index in [0.717, 1.165) is 43.0 Å². The molecule has 0 aromatic heterocycles. The van der Waals surface area contributed by atoms with Crippen LogP contribution < -0.4 is 5.32 Å². The molecule has 2 nitrogen and oxygen atoms in total. The Balaban J connectivity index is 2.49. The lowest BCUT2D eigenvalue weighted by Crippen LogP contribution is -2.22. The van der Waals surface area contributed by atoms with E-state index in [-0.39, 0.29) is 6.04 Å². The van der Waals surface area contributed by atoms with Gasteiger partial charge in [0.2, 0.25) is 0 Å². The molecule has 1 atom stereocenters. The van der Waals surface area contributed by atoms with Crippen molar-refractivity contribution in [2.75, 3.05) is 20.3 Å². The van der Waals surface area contributed by atoms with E-state index in [0.29, 0.717) is 5.02 Å². The number of rotatable bonds is 8. The summed E-state index contributed by atoms with van der Waals surface area (Å²) in [5, 5.41) is 4.94. The maximum absolute atomic E-state index is 6.22. The zero-order valence-electron chi connectivity index (χ0n) is 11.0. The SMILES string of the molecule is CCC(NCCCCOC)c1ccc(Cl)cc1Cl. The standard InChI is InChI=1S/C14H21Cl2NO/c1-3-14(17-8-4-5-9-18-2)12-7-6-11(15)10-13(12)16/h6-7,10,14,17H,3-5,8-9H2,1-2H3. The highest BCUT2D eigenvalue weighted by Gasteiger charge is 2.12. The summed E-state index contributed by atoms with van der Waals surface area (Å²) in [6.45, 7) is 3.94. The first-order valence-electron chi connectivity index (χ1n) is 6.36. The van der Waals surface area contributed by atoms with Crippen molar-refractivity contribution in [3.05, 3.63) is 33.8 Å². The highest BCUT2D eigenvalue weighted by molar-refractivity contribution is 6.35. The van der Waals surface area contributed by atoms with Gasteiger partial charge in [-0.1, -0.05) is 36.2 Å². The van der Waals surface area contributed by atoms with Gasteiger partial charge in [-0.2, -0.15) is 0 Å². The van der Waals surface area contributed by atoms with E-state index in [1.165, 1.54) is 0 Å². The molecule has 0 saturated carbocycles. The van der Waals surface area contributed by atoms with Crippen molar-refractivity contribution >= 4 is 23.2 Å². The van der Waals surface area contributed by atoms with Crippen molar-refractivity contribution in [2.45, 2.75) is 32.2 Å². The minimum atomic E-state index is 0.289. The molecule has 0 fully saturated rings. The Morgan fingerprint density at radius 3 is 2.67 bits per heavy atom. The van der Waals surface area contributed by atoms with Gasteiger partial charge in [0, 0.05) is 29.8 Å². The molecule has 1 aromatic carbocycles. The fourth-order valence-corrected chi connectivity index (χ4v) is 2.45. The fraction of sp³-hybridized carbons (Fsp3) is 0.571. The molecule has 0 aliphatic rings. The first-order chi connectivity index (χ1) is 8.69. The van der Waals surface area contributed by atoms with Gasteiger partial charge in [-0.05, 0) is 43.5 Å². The third-order valence-electron chi connectivity index (χ3n) is 2.91. The van der Waals surface area contributed by atoms with E-state index in [1.54, 1.807) is 13.2 Å². The zero-order valence-corrected chi connectivity index (χ0v) is 12.5. The van der Waals surface area contributed by atoms with Crippen LogP contribution in [0.4, 0.5) is 0 Å². The molecule has 102 valence electrons. The zero-order chi connectivity index (χ0) is 13.4. The Morgan fingerprint density at radius 2 is 2.06 bits per heavy atom. The Labute approximate surface area is 120 Å². The summed E-state index contributed by atoms with van der Waals surface area (Å²) in [6.07, 6.45) is 3.19. The van der Waals surface area contributed by atoms with Crippen molar-refractivity contribution in [1.82, 2.24) is 5.32 Å². The van der Waals surface area contributed by atoms with Crippen molar-refractivity contribution in [3.63, 3.8) is 0 Å². The molecule has 0 spiro atoms. The number of unbranched alkanes of at least 4 members (excludes halogenated alkanes) is 1. The molecule has 4 heteroatoms. The maximum atomic E-state index is 6.22. The van der Waals surface area contributed by atoms with Crippen LogP contribution in [-0.2, 0) is 4.74 Å². The average molecular weight is 290 g/mol. The van der Waals surface area contributed by atoms with Gasteiger partial charge in [0.1, 0.15) is 0 Å². The maximum Gasteiger partial charge on any atom is 0.0468 e. The second-order valence-electron chi connectivity index (χ2n) is 4.28. The van der Waals surface area contributed by atoms with Gasteiger partial charge in [-0.25, -0.2) is 0 Å². The van der Waals surface area contributed by atoms with Crippen LogP contribution in [0.15, 0.2) is 18.2 Å². The highest BCUT2D eigenvalue weighted by atomic mass is 35.5. The third-order valence-corrected chi connectivity index (χ3v) is 3.47. The molecular formula is C14H21Cl2NO. The van der Waals surface area contributed by atoms with Gasteiger partial charge in [-0.3, -0.25) is 0 Å². The first-order valence-corrected chi connectivity index (χ1v) is 7.12. The normalized spacial score (nSPS) is 12.7. The summed E-state index contributed by atoms with van der Waals surface area (Å²) in [5.74, 6) is 0. The summed E-state index contributed by atoms with van der Waals surface area (Å²) in [5.41, 5.74) is 1.12. The van der Waals surface area contributed by atoms with Crippen LogP contribution in [0.2, 0.25) is 10.0 Å². The van der Waals surface area contributed by atoms with Gasteiger partial charge in [0.25, 0.3) is 0 Å². The van der Waals surface area contributed by atoms with Gasteiger partial charge in [0.05, 0.1) is 0 Å². The highest BCUT2D eigenvalue weighted by Crippen LogP contribution is 2.27. The second kappa shape index (κ2) is 8.76. The fourth-order valence-electron chi connectivity index (χ4n) is 1.91. The Kier molecular flexibility index (Phi) is 7.68.